The van der Waals surface area contributed by atoms with Crippen molar-refractivity contribution in [3.05, 3.63) is 90.2 Å². The molecular formula is C22H18FN3OS. The summed E-state index contributed by atoms with van der Waals surface area (Å²) >= 11 is 1.58. The monoisotopic (exact) mass is 391 g/mol. The van der Waals surface area contributed by atoms with Gasteiger partial charge >= 0.3 is 0 Å². The number of hydrogen-bond acceptors (Lipinski definition) is 4. The van der Waals surface area contributed by atoms with Crippen molar-refractivity contribution in [3.63, 3.8) is 0 Å². The summed E-state index contributed by atoms with van der Waals surface area (Å²) in [5.74, 6) is 2.75. The highest BCUT2D eigenvalue weighted by atomic mass is 32.2. The zero-order chi connectivity index (χ0) is 19.3. The van der Waals surface area contributed by atoms with Gasteiger partial charge in [-0.05, 0) is 42.5 Å². The van der Waals surface area contributed by atoms with Gasteiger partial charge in [0.05, 0.1) is 0 Å². The van der Waals surface area contributed by atoms with Crippen molar-refractivity contribution in [2.75, 3.05) is 0 Å². The Bertz CT molecular complexity index is 1060. The minimum absolute atomic E-state index is 0.268. The lowest BCUT2D eigenvalue weighted by Gasteiger charge is -2.11. The van der Waals surface area contributed by atoms with Crippen LogP contribution in [0.1, 0.15) is 5.56 Å². The average molecular weight is 391 g/mol. The molecule has 0 aliphatic rings. The molecule has 6 heteroatoms. The topological polar surface area (TPSA) is 39.9 Å². The molecule has 1 heterocycles. The van der Waals surface area contributed by atoms with Crippen molar-refractivity contribution < 1.29 is 9.13 Å². The first kappa shape index (κ1) is 18.3. The summed E-state index contributed by atoms with van der Waals surface area (Å²) in [4.78, 5) is 0. The molecule has 0 saturated carbocycles. The molecule has 0 amide bonds. The van der Waals surface area contributed by atoms with E-state index in [4.69, 9.17) is 4.74 Å². The van der Waals surface area contributed by atoms with Crippen LogP contribution in [0, 0.1) is 5.82 Å². The lowest BCUT2D eigenvalue weighted by Crippen LogP contribution is -1.96. The Morgan fingerprint density at radius 2 is 1.61 bits per heavy atom. The van der Waals surface area contributed by atoms with Crippen molar-refractivity contribution in [2.24, 2.45) is 7.05 Å². The summed E-state index contributed by atoms with van der Waals surface area (Å²) in [5, 5.41) is 9.33. The van der Waals surface area contributed by atoms with Crippen LogP contribution in [0.5, 0.6) is 11.5 Å². The van der Waals surface area contributed by atoms with Gasteiger partial charge in [0, 0.05) is 23.9 Å². The van der Waals surface area contributed by atoms with Gasteiger partial charge in [0.25, 0.3) is 0 Å². The van der Waals surface area contributed by atoms with Gasteiger partial charge in [0.15, 0.2) is 11.0 Å². The maximum atomic E-state index is 13.2. The van der Waals surface area contributed by atoms with Crippen LogP contribution in [0.4, 0.5) is 4.39 Å². The second kappa shape index (κ2) is 8.27. The normalized spacial score (nSPS) is 10.8. The molecule has 0 aliphatic carbocycles. The first-order valence-corrected chi connectivity index (χ1v) is 9.78. The highest BCUT2D eigenvalue weighted by Gasteiger charge is 2.13. The summed E-state index contributed by atoms with van der Waals surface area (Å²) in [6.45, 7) is 0. The van der Waals surface area contributed by atoms with E-state index in [2.05, 4.69) is 10.2 Å². The fourth-order valence-electron chi connectivity index (χ4n) is 2.77. The van der Waals surface area contributed by atoms with Crippen molar-refractivity contribution in [3.8, 4) is 22.9 Å². The number of hydrogen-bond donors (Lipinski definition) is 0. The maximum absolute atomic E-state index is 13.2. The Kier molecular flexibility index (Phi) is 5.39. The van der Waals surface area contributed by atoms with E-state index in [0.717, 1.165) is 27.8 Å². The van der Waals surface area contributed by atoms with Crippen LogP contribution in [0.2, 0.25) is 0 Å². The van der Waals surface area contributed by atoms with E-state index >= 15 is 0 Å². The lowest BCUT2D eigenvalue weighted by atomic mass is 10.2. The van der Waals surface area contributed by atoms with Crippen molar-refractivity contribution in [2.45, 2.75) is 10.9 Å². The standard InChI is InChI=1S/C22H18FN3OS/c1-26-21(16-11-13-18(23)14-12-16)24-25-22(26)28-15-17-7-5-6-10-20(17)27-19-8-3-2-4-9-19/h2-14H,15H2,1H3. The zero-order valence-corrected chi connectivity index (χ0v) is 16.1. The van der Waals surface area contributed by atoms with Gasteiger partial charge in [-0.3, -0.25) is 0 Å². The lowest BCUT2D eigenvalue weighted by molar-refractivity contribution is 0.478. The molecule has 4 aromatic rings. The fourth-order valence-corrected chi connectivity index (χ4v) is 3.67. The quantitative estimate of drug-likeness (QED) is 0.395. The van der Waals surface area contributed by atoms with E-state index in [-0.39, 0.29) is 5.82 Å². The Hall–Kier alpha value is -3.12. The molecule has 4 rings (SSSR count). The van der Waals surface area contributed by atoms with Crippen LogP contribution >= 0.6 is 11.8 Å². The molecule has 0 spiro atoms. The molecule has 140 valence electrons. The van der Waals surface area contributed by atoms with Crippen molar-refractivity contribution in [1.29, 1.82) is 0 Å². The first-order valence-electron chi connectivity index (χ1n) is 8.79. The van der Waals surface area contributed by atoms with Crippen LogP contribution in [0.15, 0.2) is 84.0 Å². The number of ether oxygens (including phenoxy) is 1. The molecule has 0 aliphatic heterocycles. The molecule has 0 unspecified atom stereocenters. The predicted octanol–water partition coefficient (Wildman–Crippen LogP) is 5.71. The average Bonchev–Trinajstić information content (AvgIpc) is 3.09. The largest absolute Gasteiger partial charge is 0.457 e. The van der Waals surface area contributed by atoms with E-state index in [1.54, 1.807) is 23.9 Å². The van der Waals surface area contributed by atoms with Gasteiger partial charge in [-0.2, -0.15) is 0 Å². The fraction of sp³-hybridized carbons (Fsp3) is 0.0909. The molecule has 0 fully saturated rings. The molecule has 3 aromatic carbocycles. The SMILES string of the molecule is Cn1c(SCc2ccccc2Oc2ccccc2)nnc1-c1ccc(F)cc1. The number of para-hydroxylation sites is 2. The number of nitrogens with zero attached hydrogens (tertiary/aromatic N) is 3. The van der Waals surface area contributed by atoms with Crippen LogP contribution in [-0.4, -0.2) is 14.8 Å². The minimum Gasteiger partial charge on any atom is -0.457 e. The Labute approximate surface area is 167 Å². The maximum Gasteiger partial charge on any atom is 0.191 e. The van der Waals surface area contributed by atoms with E-state index in [0.29, 0.717) is 11.6 Å². The molecule has 4 nitrogen and oxygen atoms in total. The van der Waals surface area contributed by atoms with E-state index in [9.17, 15) is 4.39 Å². The summed E-state index contributed by atoms with van der Waals surface area (Å²) in [6.07, 6.45) is 0. The molecule has 0 saturated heterocycles. The second-order valence-corrected chi connectivity index (χ2v) is 7.13. The third kappa shape index (κ3) is 4.07. The zero-order valence-electron chi connectivity index (χ0n) is 15.2. The van der Waals surface area contributed by atoms with Crippen molar-refractivity contribution >= 4 is 11.8 Å². The molecule has 0 N–H and O–H groups in total. The Morgan fingerprint density at radius 1 is 0.893 bits per heavy atom. The molecule has 0 bridgehead atoms. The van der Waals surface area contributed by atoms with Crippen LogP contribution in [-0.2, 0) is 12.8 Å². The van der Waals surface area contributed by atoms with Gasteiger partial charge < -0.3 is 9.30 Å². The molecule has 28 heavy (non-hydrogen) atoms. The predicted molar refractivity (Wildman–Crippen MR) is 109 cm³/mol. The van der Waals surface area contributed by atoms with Gasteiger partial charge in [-0.15, -0.1) is 10.2 Å². The highest BCUT2D eigenvalue weighted by molar-refractivity contribution is 7.98. The number of thioether (sulfide) groups is 1. The third-order valence-electron chi connectivity index (χ3n) is 4.24. The highest BCUT2D eigenvalue weighted by Crippen LogP contribution is 2.31. The Balaban J connectivity index is 1.50. The van der Waals surface area contributed by atoms with Crippen LogP contribution < -0.4 is 4.74 Å². The van der Waals surface area contributed by atoms with Gasteiger partial charge in [-0.25, -0.2) is 4.39 Å². The van der Waals surface area contributed by atoms with Gasteiger partial charge in [0.1, 0.15) is 17.3 Å². The van der Waals surface area contributed by atoms with E-state index < -0.39 is 0 Å². The molecular weight excluding hydrogens is 373 g/mol. The van der Waals surface area contributed by atoms with Crippen LogP contribution in [0.3, 0.4) is 0 Å². The minimum atomic E-state index is -0.268. The summed E-state index contributed by atoms with van der Waals surface area (Å²) < 4.78 is 21.1. The molecule has 1 aromatic heterocycles. The van der Waals surface area contributed by atoms with E-state index in [1.165, 1.54) is 12.1 Å². The summed E-state index contributed by atoms with van der Waals surface area (Å²) in [6, 6.07) is 23.9. The molecule has 0 atom stereocenters. The second-order valence-electron chi connectivity index (χ2n) is 6.18. The third-order valence-corrected chi connectivity index (χ3v) is 5.31. The number of halogens is 1. The molecule has 0 radical (unpaired) electrons. The van der Waals surface area contributed by atoms with Crippen LogP contribution in [0.25, 0.3) is 11.4 Å². The number of aromatic nitrogens is 3. The smallest absolute Gasteiger partial charge is 0.191 e. The van der Waals surface area contributed by atoms with Crippen molar-refractivity contribution in [1.82, 2.24) is 14.8 Å². The van der Waals surface area contributed by atoms with E-state index in [1.807, 2.05) is 66.2 Å². The number of benzene rings is 3. The first-order chi connectivity index (χ1) is 13.7. The summed E-state index contributed by atoms with van der Waals surface area (Å²) in [7, 11) is 1.91. The van der Waals surface area contributed by atoms with Gasteiger partial charge in [0.2, 0.25) is 0 Å². The number of rotatable bonds is 6. The van der Waals surface area contributed by atoms with Gasteiger partial charge in [-0.1, -0.05) is 48.2 Å². The Morgan fingerprint density at radius 3 is 2.39 bits per heavy atom. The summed E-state index contributed by atoms with van der Waals surface area (Å²) in [5.41, 5.74) is 1.90.